The summed E-state index contributed by atoms with van der Waals surface area (Å²) in [5.74, 6) is 0.843. The lowest BCUT2D eigenvalue weighted by molar-refractivity contribution is -0.00506. The summed E-state index contributed by atoms with van der Waals surface area (Å²) in [4.78, 5) is 5.45. The predicted octanol–water partition coefficient (Wildman–Crippen LogP) is 4.01. The summed E-state index contributed by atoms with van der Waals surface area (Å²) in [6, 6.07) is 0. The van der Waals surface area contributed by atoms with Crippen LogP contribution in [-0.2, 0) is 0 Å². The molecular formula is C18H36N2. The van der Waals surface area contributed by atoms with Crippen molar-refractivity contribution in [2.45, 2.75) is 72.3 Å². The summed E-state index contributed by atoms with van der Waals surface area (Å²) in [6.07, 6.45) is 7.10. The zero-order chi connectivity index (χ0) is 14.8. The maximum Gasteiger partial charge on any atom is 0.0125 e. The van der Waals surface area contributed by atoms with Crippen LogP contribution >= 0.6 is 0 Å². The molecular weight excluding hydrogens is 244 g/mol. The van der Waals surface area contributed by atoms with E-state index in [4.69, 9.17) is 0 Å². The van der Waals surface area contributed by atoms with Crippen LogP contribution in [0.4, 0.5) is 0 Å². The van der Waals surface area contributed by atoms with Crippen molar-refractivity contribution in [2.75, 3.05) is 32.7 Å². The lowest BCUT2D eigenvalue weighted by Crippen LogP contribution is -2.53. The highest BCUT2D eigenvalue weighted by Crippen LogP contribution is 2.41. The monoisotopic (exact) mass is 280 g/mol. The van der Waals surface area contributed by atoms with Crippen molar-refractivity contribution in [3.63, 3.8) is 0 Å². The molecule has 0 aromatic carbocycles. The normalized spacial score (nSPS) is 25.5. The minimum absolute atomic E-state index is 0.355. The van der Waals surface area contributed by atoms with E-state index in [0.717, 1.165) is 5.92 Å². The molecule has 118 valence electrons. The van der Waals surface area contributed by atoms with Gasteiger partial charge in [0.2, 0.25) is 0 Å². The Balaban J connectivity index is 1.86. The molecule has 0 N–H and O–H groups in total. The molecule has 2 aliphatic rings. The van der Waals surface area contributed by atoms with E-state index in [9.17, 15) is 0 Å². The van der Waals surface area contributed by atoms with Crippen LogP contribution in [0.1, 0.15) is 66.7 Å². The van der Waals surface area contributed by atoms with Gasteiger partial charge < -0.3 is 4.90 Å². The maximum absolute atomic E-state index is 2.76. The highest BCUT2D eigenvalue weighted by atomic mass is 15.2. The zero-order valence-corrected chi connectivity index (χ0v) is 14.5. The average Bonchev–Trinajstić information content (AvgIpc) is 2.36. The standard InChI is InChI=1S/C18H36N2/c1-16(2)7-12-19-11-6-8-18(15-19)9-13-20(14-10-18)17(3,4)5/h16H,6-15H2,1-5H3. The molecule has 1 spiro atoms. The summed E-state index contributed by atoms with van der Waals surface area (Å²) in [5.41, 5.74) is 1.00. The number of rotatable bonds is 3. The molecule has 0 unspecified atom stereocenters. The predicted molar refractivity (Wildman–Crippen MR) is 88.1 cm³/mol. The first-order valence-corrected chi connectivity index (χ1v) is 8.78. The lowest BCUT2D eigenvalue weighted by atomic mass is 9.72. The highest BCUT2D eigenvalue weighted by molar-refractivity contribution is 4.94. The first-order valence-electron chi connectivity index (χ1n) is 8.78. The third kappa shape index (κ3) is 4.21. The fourth-order valence-corrected chi connectivity index (χ4v) is 4.00. The van der Waals surface area contributed by atoms with Crippen molar-refractivity contribution in [3.05, 3.63) is 0 Å². The van der Waals surface area contributed by atoms with Crippen LogP contribution in [0, 0.1) is 11.3 Å². The van der Waals surface area contributed by atoms with Crippen molar-refractivity contribution in [1.82, 2.24) is 9.80 Å². The third-order valence-corrected chi connectivity index (χ3v) is 5.54. The largest absolute Gasteiger partial charge is 0.303 e. The number of likely N-dealkylation sites (tertiary alicyclic amines) is 2. The van der Waals surface area contributed by atoms with Crippen molar-refractivity contribution in [3.8, 4) is 0 Å². The molecule has 0 amide bonds. The molecule has 2 saturated heterocycles. The second-order valence-electron chi connectivity index (χ2n) is 8.72. The van der Waals surface area contributed by atoms with Crippen LogP contribution in [0.25, 0.3) is 0 Å². The molecule has 0 aromatic rings. The van der Waals surface area contributed by atoms with Crippen LogP contribution < -0.4 is 0 Å². The van der Waals surface area contributed by atoms with Crippen LogP contribution in [0.5, 0.6) is 0 Å². The maximum atomic E-state index is 2.76. The Bertz CT molecular complexity index is 295. The van der Waals surface area contributed by atoms with Crippen LogP contribution in [0.2, 0.25) is 0 Å². The van der Waals surface area contributed by atoms with Gasteiger partial charge >= 0.3 is 0 Å². The third-order valence-electron chi connectivity index (χ3n) is 5.54. The second kappa shape index (κ2) is 6.36. The topological polar surface area (TPSA) is 6.48 Å². The smallest absolute Gasteiger partial charge is 0.0125 e. The van der Waals surface area contributed by atoms with Gasteiger partial charge in [0.05, 0.1) is 0 Å². The molecule has 0 atom stereocenters. The van der Waals surface area contributed by atoms with E-state index in [-0.39, 0.29) is 0 Å². The SMILES string of the molecule is CC(C)CCN1CCCC2(CCN(C(C)(C)C)CC2)C1. The number of hydrogen-bond acceptors (Lipinski definition) is 2. The van der Waals surface area contributed by atoms with Crippen LogP contribution in [-0.4, -0.2) is 48.1 Å². The van der Waals surface area contributed by atoms with Crippen molar-refractivity contribution >= 4 is 0 Å². The van der Waals surface area contributed by atoms with E-state index in [2.05, 4.69) is 44.4 Å². The summed E-state index contributed by atoms with van der Waals surface area (Å²) in [7, 11) is 0. The van der Waals surface area contributed by atoms with Gasteiger partial charge in [-0.1, -0.05) is 13.8 Å². The molecule has 2 nitrogen and oxygen atoms in total. The molecule has 2 heterocycles. The highest BCUT2D eigenvalue weighted by Gasteiger charge is 2.39. The van der Waals surface area contributed by atoms with Crippen molar-refractivity contribution in [1.29, 1.82) is 0 Å². The molecule has 0 saturated carbocycles. The summed E-state index contributed by atoms with van der Waals surface area (Å²) < 4.78 is 0. The molecule has 2 rings (SSSR count). The fourth-order valence-electron chi connectivity index (χ4n) is 4.00. The van der Waals surface area contributed by atoms with E-state index < -0.39 is 0 Å². The van der Waals surface area contributed by atoms with Gasteiger partial charge in [-0.3, -0.25) is 4.90 Å². The Hall–Kier alpha value is -0.0800. The van der Waals surface area contributed by atoms with E-state index >= 15 is 0 Å². The van der Waals surface area contributed by atoms with Gasteiger partial charge in [-0.2, -0.15) is 0 Å². The van der Waals surface area contributed by atoms with Crippen LogP contribution in [0.3, 0.4) is 0 Å². The Morgan fingerprint density at radius 2 is 1.65 bits per heavy atom. The molecule has 2 aliphatic heterocycles. The average molecular weight is 281 g/mol. The van der Waals surface area contributed by atoms with Gasteiger partial charge in [0.1, 0.15) is 0 Å². The number of hydrogen-bond donors (Lipinski definition) is 0. The van der Waals surface area contributed by atoms with Gasteiger partial charge in [0.15, 0.2) is 0 Å². The minimum Gasteiger partial charge on any atom is -0.303 e. The van der Waals surface area contributed by atoms with E-state index in [0.29, 0.717) is 11.0 Å². The van der Waals surface area contributed by atoms with Gasteiger partial charge in [-0.25, -0.2) is 0 Å². The fraction of sp³-hybridized carbons (Fsp3) is 1.00. The van der Waals surface area contributed by atoms with Gasteiger partial charge in [-0.05, 0) is 90.4 Å². The van der Waals surface area contributed by atoms with Crippen molar-refractivity contribution in [2.24, 2.45) is 11.3 Å². The molecule has 0 aliphatic carbocycles. The van der Waals surface area contributed by atoms with E-state index in [1.165, 1.54) is 64.8 Å². The summed E-state index contributed by atoms with van der Waals surface area (Å²) in [6.45, 7) is 18.4. The quantitative estimate of drug-likeness (QED) is 0.771. The van der Waals surface area contributed by atoms with Gasteiger partial charge in [-0.15, -0.1) is 0 Å². The Kier molecular flexibility index (Phi) is 5.18. The Morgan fingerprint density at radius 1 is 1.00 bits per heavy atom. The zero-order valence-electron chi connectivity index (χ0n) is 14.5. The second-order valence-corrected chi connectivity index (χ2v) is 8.72. The summed E-state index contributed by atoms with van der Waals surface area (Å²) >= 11 is 0. The molecule has 2 fully saturated rings. The van der Waals surface area contributed by atoms with E-state index in [1.54, 1.807) is 0 Å². The minimum atomic E-state index is 0.355. The molecule has 0 radical (unpaired) electrons. The van der Waals surface area contributed by atoms with Gasteiger partial charge in [0, 0.05) is 12.1 Å². The van der Waals surface area contributed by atoms with Crippen LogP contribution in [0.15, 0.2) is 0 Å². The number of piperidine rings is 2. The van der Waals surface area contributed by atoms with E-state index in [1.807, 2.05) is 0 Å². The van der Waals surface area contributed by atoms with Crippen molar-refractivity contribution < 1.29 is 0 Å². The first kappa shape index (κ1) is 16.3. The molecule has 2 heteroatoms. The Morgan fingerprint density at radius 3 is 2.20 bits per heavy atom. The number of nitrogens with zero attached hydrogens (tertiary/aromatic N) is 2. The molecule has 0 aromatic heterocycles. The lowest BCUT2D eigenvalue weighted by Gasteiger charge is -2.50. The Labute approximate surface area is 126 Å². The molecule has 20 heavy (non-hydrogen) atoms. The van der Waals surface area contributed by atoms with Gasteiger partial charge in [0.25, 0.3) is 0 Å². The summed E-state index contributed by atoms with van der Waals surface area (Å²) in [5, 5.41) is 0. The first-order chi connectivity index (χ1) is 9.31. The molecule has 0 bridgehead atoms.